The SMILES string of the molecule is CCOC(=O)c1c(NC(=O)c2cccc(NC(=O)CC)c2)sc(C)c1C. The highest BCUT2D eigenvalue weighted by Crippen LogP contribution is 2.33. The van der Waals surface area contributed by atoms with Crippen LogP contribution in [0.2, 0.25) is 0 Å². The van der Waals surface area contributed by atoms with Crippen molar-refractivity contribution in [3.8, 4) is 0 Å². The maximum absolute atomic E-state index is 12.6. The van der Waals surface area contributed by atoms with Crippen LogP contribution >= 0.6 is 11.3 Å². The Hall–Kier alpha value is -2.67. The number of esters is 1. The van der Waals surface area contributed by atoms with Crippen LogP contribution in [0.15, 0.2) is 24.3 Å². The van der Waals surface area contributed by atoms with Crippen molar-refractivity contribution in [3.63, 3.8) is 0 Å². The van der Waals surface area contributed by atoms with Crippen molar-refractivity contribution in [3.05, 3.63) is 45.8 Å². The Labute approximate surface area is 156 Å². The first kappa shape index (κ1) is 19.7. The summed E-state index contributed by atoms with van der Waals surface area (Å²) in [6, 6.07) is 6.65. The second kappa shape index (κ2) is 8.62. The molecule has 0 aliphatic heterocycles. The minimum absolute atomic E-state index is 0.128. The van der Waals surface area contributed by atoms with Crippen LogP contribution in [-0.2, 0) is 9.53 Å². The molecule has 0 atom stereocenters. The highest BCUT2D eigenvalue weighted by atomic mass is 32.1. The summed E-state index contributed by atoms with van der Waals surface area (Å²) in [6.45, 7) is 7.47. The molecule has 2 rings (SSSR count). The number of aryl methyl sites for hydroxylation is 1. The molecule has 0 aliphatic rings. The van der Waals surface area contributed by atoms with E-state index >= 15 is 0 Å². The first-order valence-electron chi connectivity index (χ1n) is 8.35. The molecular formula is C19H22N2O4S. The van der Waals surface area contributed by atoms with Crippen molar-refractivity contribution < 1.29 is 19.1 Å². The van der Waals surface area contributed by atoms with Gasteiger partial charge in [-0.1, -0.05) is 13.0 Å². The summed E-state index contributed by atoms with van der Waals surface area (Å²) in [7, 11) is 0. The van der Waals surface area contributed by atoms with E-state index < -0.39 is 5.97 Å². The van der Waals surface area contributed by atoms with Gasteiger partial charge in [-0.15, -0.1) is 11.3 Å². The Balaban J connectivity index is 2.25. The maximum Gasteiger partial charge on any atom is 0.341 e. The highest BCUT2D eigenvalue weighted by Gasteiger charge is 2.22. The van der Waals surface area contributed by atoms with Crippen LogP contribution in [0.4, 0.5) is 10.7 Å². The van der Waals surface area contributed by atoms with Gasteiger partial charge in [-0.25, -0.2) is 4.79 Å². The van der Waals surface area contributed by atoms with Gasteiger partial charge < -0.3 is 15.4 Å². The number of thiophene rings is 1. The monoisotopic (exact) mass is 374 g/mol. The molecule has 1 aromatic heterocycles. The molecule has 2 aromatic rings. The quantitative estimate of drug-likeness (QED) is 0.744. The van der Waals surface area contributed by atoms with Gasteiger partial charge in [0.25, 0.3) is 5.91 Å². The van der Waals surface area contributed by atoms with E-state index in [4.69, 9.17) is 4.74 Å². The fraction of sp³-hybridized carbons (Fsp3) is 0.316. The van der Waals surface area contributed by atoms with Crippen molar-refractivity contribution in [1.29, 1.82) is 0 Å². The van der Waals surface area contributed by atoms with Crippen molar-refractivity contribution in [2.75, 3.05) is 17.2 Å². The van der Waals surface area contributed by atoms with Crippen LogP contribution < -0.4 is 10.6 Å². The van der Waals surface area contributed by atoms with E-state index in [-0.39, 0.29) is 18.4 Å². The molecule has 1 heterocycles. The van der Waals surface area contributed by atoms with Gasteiger partial charge in [-0.05, 0) is 44.5 Å². The first-order valence-corrected chi connectivity index (χ1v) is 9.17. The Morgan fingerprint density at radius 1 is 1.12 bits per heavy atom. The molecule has 138 valence electrons. The topological polar surface area (TPSA) is 84.5 Å². The van der Waals surface area contributed by atoms with Gasteiger partial charge in [0.1, 0.15) is 5.00 Å². The standard InChI is InChI=1S/C19H22N2O4S/c1-5-15(22)20-14-9-7-8-13(10-14)17(23)21-18-16(19(24)25-6-2)11(3)12(4)26-18/h7-10H,5-6H2,1-4H3,(H,20,22)(H,21,23). The molecule has 2 amide bonds. The summed E-state index contributed by atoms with van der Waals surface area (Å²) in [5.41, 5.74) is 2.12. The van der Waals surface area contributed by atoms with Gasteiger partial charge in [0.15, 0.2) is 0 Å². The number of anilines is 2. The van der Waals surface area contributed by atoms with Crippen LogP contribution in [0.3, 0.4) is 0 Å². The van der Waals surface area contributed by atoms with Crippen molar-refractivity contribution >= 4 is 39.8 Å². The van der Waals surface area contributed by atoms with Gasteiger partial charge in [0.05, 0.1) is 12.2 Å². The van der Waals surface area contributed by atoms with Crippen molar-refractivity contribution in [1.82, 2.24) is 0 Å². The number of benzene rings is 1. The lowest BCUT2D eigenvalue weighted by Gasteiger charge is -2.09. The molecule has 0 saturated heterocycles. The van der Waals surface area contributed by atoms with E-state index in [1.54, 1.807) is 38.1 Å². The zero-order valence-corrected chi connectivity index (χ0v) is 16.1. The zero-order valence-electron chi connectivity index (χ0n) is 15.3. The Morgan fingerprint density at radius 3 is 2.50 bits per heavy atom. The summed E-state index contributed by atoms with van der Waals surface area (Å²) in [6.07, 6.45) is 0.354. The molecule has 6 nitrogen and oxygen atoms in total. The third-order valence-electron chi connectivity index (χ3n) is 3.82. The third-order valence-corrected chi connectivity index (χ3v) is 4.94. The Morgan fingerprint density at radius 2 is 1.85 bits per heavy atom. The lowest BCUT2D eigenvalue weighted by Crippen LogP contribution is -2.15. The van der Waals surface area contributed by atoms with E-state index in [9.17, 15) is 14.4 Å². The van der Waals surface area contributed by atoms with Gasteiger partial charge in [-0.2, -0.15) is 0 Å². The molecule has 0 aliphatic carbocycles. The molecule has 0 unspecified atom stereocenters. The van der Waals surface area contributed by atoms with Crippen LogP contribution in [-0.4, -0.2) is 24.4 Å². The van der Waals surface area contributed by atoms with Gasteiger partial charge in [0.2, 0.25) is 5.91 Å². The Bertz CT molecular complexity index is 842. The van der Waals surface area contributed by atoms with E-state index in [1.165, 1.54) is 11.3 Å². The van der Waals surface area contributed by atoms with Gasteiger partial charge in [0, 0.05) is 22.5 Å². The summed E-state index contributed by atoms with van der Waals surface area (Å²) in [5, 5.41) is 5.97. The lowest BCUT2D eigenvalue weighted by molar-refractivity contribution is -0.115. The first-order chi connectivity index (χ1) is 12.4. The number of amides is 2. The van der Waals surface area contributed by atoms with Crippen LogP contribution in [0, 0.1) is 13.8 Å². The van der Waals surface area contributed by atoms with E-state index in [2.05, 4.69) is 10.6 Å². The molecular weight excluding hydrogens is 352 g/mol. The number of carbonyl (C=O) groups is 3. The average molecular weight is 374 g/mol. The van der Waals surface area contributed by atoms with Crippen molar-refractivity contribution in [2.24, 2.45) is 0 Å². The van der Waals surface area contributed by atoms with Crippen molar-refractivity contribution in [2.45, 2.75) is 34.1 Å². The van der Waals surface area contributed by atoms with Crippen LogP contribution in [0.1, 0.15) is 51.4 Å². The molecule has 0 fully saturated rings. The fourth-order valence-electron chi connectivity index (χ4n) is 2.33. The number of hydrogen-bond acceptors (Lipinski definition) is 5. The molecule has 0 radical (unpaired) electrons. The zero-order chi connectivity index (χ0) is 19.3. The predicted octanol–water partition coefficient (Wildman–Crippen LogP) is 4.14. The summed E-state index contributed by atoms with van der Waals surface area (Å²) in [4.78, 5) is 37.3. The molecule has 0 spiro atoms. The molecule has 1 aromatic carbocycles. The highest BCUT2D eigenvalue weighted by molar-refractivity contribution is 7.16. The minimum atomic E-state index is -0.450. The van der Waals surface area contributed by atoms with Crippen LogP contribution in [0.5, 0.6) is 0 Å². The minimum Gasteiger partial charge on any atom is -0.462 e. The summed E-state index contributed by atoms with van der Waals surface area (Å²) < 4.78 is 5.09. The Kier molecular flexibility index (Phi) is 6.52. The van der Waals surface area contributed by atoms with E-state index in [0.29, 0.717) is 28.2 Å². The molecule has 0 saturated carbocycles. The largest absolute Gasteiger partial charge is 0.462 e. The second-order valence-electron chi connectivity index (χ2n) is 5.64. The number of carbonyl (C=O) groups excluding carboxylic acids is 3. The third kappa shape index (κ3) is 4.49. The lowest BCUT2D eigenvalue weighted by atomic mass is 10.1. The number of rotatable bonds is 6. The van der Waals surface area contributed by atoms with E-state index in [0.717, 1.165) is 10.4 Å². The molecule has 2 N–H and O–H groups in total. The van der Waals surface area contributed by atoms with Gasteiger partial charge in [-0.3, -0.25) is 9.59 Å². The van der Waals surface area contributed by atoms with E-state index in [1.807, 2.05) is 13.8 Å². The average Bonchev–Trinajstić information content (AvgIpc) is 2.89. The normalized spacial score (nSPS) is 10.3. The summed E-state index contributed by atoms with van der Waals surface area (Å²) in [5.74, 6) is -0.935. The maximum atomic E-state index is 12.6. The fourth-order valence-corrected chi connectivity index (χ4v) is 3.37. The molecule has 26 heavy (non-hydrogen) atoms. The van der Waals surface area contributed by atoms with Gasteiger partial charge >= 0.3 is 5.97 Å². The molecule has 0 bridgehead atoms. The number of nitrogens with one attached hydrogen (secondary N) is 2. The molecule has 7 heteroatoms. The predicted molar refractivity (Wildman–Crippen MR) is 103 cm³/mol. The summed E-state index contributed by atoms with van der Waals surface area (Å²) >= 11 is 1.33. The smallest absolute Gasteiger partial charge is 0.341 e. The van der Waals surface area contributed by atoms with Crippen LogP contribution in [0.25, 0.3) is 0 Å². The number of ether oxygens (including phenoxy) is 1. The second-order valence-corrected chi connectivity index (χ2v) is 6.87. The number of hydrogen-bond donors (Lipinski definition) is 2.